The first-order chi connectivity index (χ1) is 11.8. The Labute approximate surface area is 146 Å². The van der Waals surface area contributed by atoms with Gasteiger partial charge in [-0.25, -0.2) is 0 Å². The average molecular weight is 342 g/mol. The van der Waals surface area contributed by atoms with Crippen LogP contribution in [0.25, 0.3) is 0 Å². The third-order valence-electron chi connectivity index (χ3n) is 4.33. The molecule has 1 aliphatic heterocycles. The van der Waals surface area contributed by atoms with Crippen molar-refractivity contribution in [3.63, 3.8) is 0 Å². The molecular weight excluding hydrogens is 320 g/mol. The van der Waals surface area contributed by atoms with Gasteiger partial charge in [-0.05, 0) is 42.7 Å². The summed E-state index contributed by atoms with van der Waals surface area (Å²) in [5.74, 6) is -0.0441. The van der Waals surface area contributed by atoms with E-state index in [1.165, 1.54) is 16.9 Å². The largest absolute Gasteiger partial charge is 0.354 e. The Morgan fingerprint density at radius 1 is 1.17 bits per heavy atom. The quantitative estimate of drug-likeness (QED) is 0.820. The Morgan fingerprint density at radius 2 is 2.00 bits per heavy atom. The lowest BCUT2D eigenvalue weighted by atomic mass is 10.1. The molecule has 1 aliphatic rings. The summed E-state index contributed by atoms with van der Waals surface area (Å²) in [5.41, 5.74) is 1.28. The Bertz CT molecular complexity index is 670. The second kappa shape index (κ2) is 8.11. The van der Waals surface area contributed by atoms with Crippen LogP contribution in [0.3, 0.4) is 0 Å². The number of thiophene rings is 1. The van der Waals surface area contributed by atoms with Crippen molar-refractivity contribution >= 4 is 23.2 Å². The predicted molar refractivity (Wildman–Crippen MR) is 96.2 cm³/mol. The summed E-state index contributed by atoms with van der Waals surface area (Å²) in [5, 5.41) is 4.89. The van der Waals surface area contributed by atoms with Gasteiger partial charge in [0.1, 0.15) is 6.04 Å². The summed E-state index contributed by atoms with van der Waals surface area (Å²) in [6, 6.07) is 13.6. The van der Waals surface area contributed by atoms with E-state index >= 15 is 0 Å². The molecule has 1 aromatic carbocycles. The number of benzene rings is 1. The van der Waals surface area contributed by atoms with Gasteiger partial charge in [-0.2, -0.15) is 0 Å². The van der Waals surface area contributed by atoms with Crippen LogP contribution < -0.4 is 5.32 Å². The van der Waals surface area contributed by atoms with Gasteiger partial charge in [0.2, 0.25) is 5.91 Å². The normalized spacial score (nSPS) is 17.0. The zero-order chi connectivity index (χ0) is 16.8. The fourth-order valence-corrected chi connectivity index (χ4v) is 3.77. The van der Waals surface area contributed by atoms with E-state index in [0.717, 1.165) is 25.7 Å². The van der Waals surface area contributed by atoms with Crippen LogP contribution >= 0.6 is 11.3 Å². The minimum absolute atomic E-state index is 0.0214. The summed E-state index contributed by atoms with van der Waals surface area (Å²) in [6.07, 6.45) is 3.49. The Hall–Kier alpha value is -2.14. The fraction of sp³-hybridized carbons (Fsp3) is 0.368. The van der Waals surface area contributed by atoms with Crippen molar-refractivity contribution in [1.82, 2.24) is 10.2 Å². The molecule has 0 unspecified atom stereocenters. The molecule has 0 radical (unpaired) electrons. The first-order valence-corrected chi connectivity index (χ1v) is 9.30. The molecule has 0 bridgehead atoms. The number of carbonyl (C=O) groups is 2. The maximum atomic E-state index is 12.5. The van der Waals surface area contributed by atoms with Crippen LogP contribution in [0, 0.1) is 0 Å². The summed E-state index contributed by atoms with van der Waals surface area (Å²) in [6.45, 7) is 1.31. The van der Waals surface area contributed by atoms with Crippen LogP contribution in [0.2, 0.25) is 0 Å². The van der Waals surface area contributed by atoms with Crippen LogP contribution in [0.15, 0.2) is 47.8 Å². The topological polar surface area (TPSA) is 49.4 Å². The van der Waals surface area contributed by atoms with Crippen molar-refractivity contribution in [2.75, 3.05) is 13.1 Å². The van der Waals surface area contributed by atoms with Crippen molar-refractivity contribution < 1.29 is 9.59 Å². The molecule has 2 aromatic rings. The molecule has 1 atom stereocenters. The van der Waals surface area contributed by atoms with Gasteiger partial charge in [0, 0.05) is 13.1 Å². The molecule has 4 nitrogen and oxygen atoms in total. The van der Waals surface area contributed by atoms with Gasteiger partial charge in [-0.1, -0.05) is 36.4 Å². The third kappa shape index (κ3) is 4.03. The van der Waals surface area contributed by atoms with Crippen molar-refractivity contribution in [3.8, 4) is 0 Å². The monoisotopic (exact) mass is 342 g/mol. The average Bonchev–Trinajstić information content (AvgIpc) is 3.30. The summed E-state index contributed by atoms with van der Waals surface area (Å²) < 4.78 is 0. The standard InChI is InChI=1S/C19H22N2O2S/c22-18(20-12-4-9-15-7-2-1-3-8-15)16-10-5-13-21(16)19(23)17-11-6-14-24-17/h1-3,6-8,11,14,16H,4-5,9-10,12-13H2,(H,20,22)/t16-/m1/s1. The number of carbonyl (C=O) groups excluding carboxylic acids is 2. The highest BCUT2D eigenvalue weighted by atomic mass is 32.1. The van der Waals surface area contributed by atoms with Gasteiger partial charge in [0.15, 0.2) is 0 Å². The van der Waals surface area contributed by atoms with Crippen LogP contribution in [-0.2, 0) is 11.2 Å². The molecule has 0 aliphatic carbocycles. The molecule has 0 spiro atoms. The molecule has 1 saturated heterocycles. The lowest BCUT2D eigenvalue weighted by Gasteiger charge is -2.23. The van der Waals surface area contributed by atoms with Crippen LogP contribution in [0.1, 0.15) is 34.5 Å². The number of likely N-dealkylation sites (tertiary alicyclic amines) is 1. The summed E-state index contributed by atoms with van der Waals surface area (Å²) >= 11 is 1.43. The van der Waals surface area contributed by atoms with E-state index in [1.54, 1.807) is 4.90 Å². The first-order valence-electron chi connectivity index (χ1n) is 8.42. The Kier molecular flexibility index (Phi) is 5.64. The summed E-state index contributed by atoms with van der Waals surface area (Å²) in [7, 11) is 0. The number of amides is 2. The van der Waals surface area contributed by atoms with E-state index < -0.39 is 0 Å². The number of hydrogen-bond acceptors (Lipinski definition) is 3. The van der Waals surface area contributed by atoms with E-state index in [4.69, 9.17) is 0 Å². The van der Waals surface area contributed by atoms with Gasteiger partial charge in [0.05, 0.1) is 4.88 Å². The van der Waals surface area contributed by atoms with E-state index in [-0.39, 0.29) is 17.9 Å². The maximum absolute atomic E-state index is 12.5. The van der Waals surface area contributed by atoms with E-state index in [2.05, 4.69) is 17.4 Å². The van der Waals surface area contributed by atoms with Gasteiger partial charge in [-0.3, -0.25) is 9.59 Å². The van der Waals surface area contributed by atoms with Gasteiger partial charge >= 0.3 is 0 Å². The zero-order valence-corrected chi connectivity index (χ0v) is 14.4. The minimum atomic E-state index is -0.323. The Balaban J connectivity index is 1.48. The smallest absolute Gasteiger partial charge is 0.264 e. The lowest BCUT2D eigenvalue weighted by Crippen LogP contribution is -2.46. The van der Waals surface area contributed by atoms with Crippen molar-refractivity contribution in [3.05, 3.63) is 58.3 Å². The lowest BCUT2D eigenvalue weighted by molar-refractivity contribution is -0.124. The third-order valence-corrected chi connectivity index (χ3v) is 5.19. The molecule has 1 fully saturated rings. The molecule has 5 heteroatoms. The van der Waals surface area contributed by atoms with Crippen LogP contribution in [0.5, 0.6) is 0 Å². The molecule has 2 heterocycles. The molecule has 2 amide bonds. The first kappa shape index (κ1) is 16.7. The molecule has 3 rings (SSSR count). The van der Waals surface area contributed by atoms with E-state index in [9.17, 15) is 9.59 Å². The van der Waals surface area contributed by atoms with Crippen molar-refractivity contribution in [2.45, 2.75) is 31.7 Å². The van der Waals surface area contributed by atoms with Crippen molar-refractivity contribution in [1.29, 1.82) is 0 Å². The fourth-order valence-electron chi connectivity index (χ4n) is 3.09. The Morgan fingerprint density at radius 3 is 2.75 bits per heavy atom. The number of rotatable bonds is 6. The number of aryl methyl sites for hydroxylation is 1. The molecule has 1 N–H and O–H groups in total. The van der Waals surface area contributed by atoms with E-state index in [0.29, 0.717) is 18.0 Å². The SMILES string of the molecule is O=C(NCCCc1ccccc1)[C@H]1CCCN1C(=O)c1cccs1. The highest BCUT2D eigenvalue weighted by Crippen LogP contribution is 2.22. The second-order valence-corrected chi connectivity index (χ2v) is 6.96. The van der Waals surface area contributed by atoms with Crippen LogP contribution in [-0.4, -0.2) is 35.8 Å². The maximum Gasteiger partial charge on any atom is 0.264 e. The molecule has 1 aromatic heterocycles. The highest BCUT2D eigenvalue weighted by Gasteiger charge is 2.34. The molecular formula is C19H22N2O2S. The number of nitrogens with zero attached hydrogens (tertiary/aromatic N) is 1. The summed E-state index contributed by atoms with van der Waals surface area (Å²) in [4.78, 5) is 27.4. The predicted octanol–water partition coefficient (Wildman–Crippen LogP) is 3.10. The van der Waals surface area contributed by atoms with Crippen LogP contribution in [0.4, 0.5) is 0 Å². The highest BCUT2D eigenvalue weighted by molar-refractivity contribution is 7.12. The molecule has 0 saturated carbocycles. The van der Waals surface area contributed by atoms with Crippen molar-refractivity contribution in [2.24, 2.45) is 0 Å². The zero-order valence-electron chi connectivity index (χ0n) is 13.6. The molecule has 24 heavy (non-hydrogen) atoms. The van der Waals surface area contributed by atoms with Gasteiger partial charge in [0.25, 0.3) is 5.91 Å². The minimum Gasteiger partial charge on any atom is -0.354 e. The van der Waals surface area contributed by atoms with Gasteiger partial charge in [-0.15, -0.1) is 11.3 Å². The second-order valence-electron chi connectivity index (χ2n) is 6.01. The van der Waals surface area contributed by atoms with E-state index in [1.807, 2.05) is 35.7 Å². The van der Waals surface area contributed by atoms with Gasteiger partial charge < -0.3 is 10.2 Å². The number of nitrogens with one attached hydrogen (secondary N) is 1. The molecule has 126 valence electrons. The number of hydrogen-bond donors (Lipinski definition) is 1.